The van der Waals surface area contributed by atoms with Gasteiger partial charge in [-0.05, 0) is 54.1 Å². The molecule has 0 spiro atoms. The van der Waals surface area contributed by atoms with Gasteiger partial charge < -0.3 is 24.3 Å². The number of β-lactam (4-membered cyclic amide) rings is 1. The van der Waals surface area contributed by atoms with E-state index in [2.05, 4.69) is 9.97 Å². The van der Waals surface area contributed by atoms with E-state index in [4.69, 9.17) is 9.47 Å². The molecule has 2 amide bonds. The maximum atomic E-state index is 13.1. The van der Waals surface area contributed by atoms with Crippen LogP contribution in [0.1, 0.15) is 34.8 Å². The number of methoxy groups -OCH3 is 1. The zero-order chi connectivity index (χ0) is 22.8. The van der Waals surface area contributed by atoms with E-state index >= 15 is 0 Å². The number of fused-ring (bicyclic) bond motifs is 1. The molecule has 0 aliphatic carbocycles. The van der Waals surface area contributed by atoms with Crippen LogP contribution in [0.2, 0.25) is 0 Å². The molecule has 2 aliphatic rings. The molecular weight excluding hydrogens is 420 g/mol. The summed E-state index contributed by atoms with van der Waals surface area (Å²) in [6, 6.07) is 11.6. The van der Waals surface area contributed by atoms with Gasteiger partial charge >= 0.3 is 0 Å². The van der Waals surface area contributed by atoms with Gasteiger partial charge in [0.2, 0.25) is 0 Å². The Morgan fingerprint density at radius 3 is 2.67 bits per heavy atom. The Labute approximate surface area is 192 Å². The van der Waals surface area contributed by atoms with E-state index < -0.39 is 6.10 Å². The third-order valence-corrected chi connectivity index (χ3v) is 6.66. The predicted molar refractivity (Wildman–Crippen MR) is 123 cm³/mol. The van der Waals surface area contributed by atoms with Crippen molar-refractivity contribution in [2.75, 3.05) is 33.4 Å². The quantitative estimate of drug-likeness (QED) is 0.444. The molecule has 0 bridgehead atoms. The number of carbonyl (C=O) groups is 2. The van der Waals surface area contributed by atoms with E-state index in [1.54, 1.807) is 19.5 Å². The molecular formula is C25H28N4O4. The van der Waals surface area contributed by atoms with Gasteiger partial charge in [0, 0.05) is 55.9 Å². The molecule has 8 nitrogen and oxygen atoms in total. The molecule has 5 rings (SSSR count). The van der Waals surface area contributed by atoms with Crippen molar-refractivity contribution in [3.63, 3.8) is 0 Å². The highest BCUT2D eigenvalue weighted by atomic mass is 16.5. The molecule has 1 N–H and O–H groups in total. The average Bonchev–Trinajstić information content (AvgIpc) is 3.33. The Morgan fingerprint density at radius 2 is 1.91 bits per heavy atom. The maximum absolute atomic E-state index is 13.1. The first-order chi connectivity index (χ1) is 16.2. The van der Waals surface area contributed by atoms with Gasteiger partial charge in [-0.1, -0.05) is 6.07 Å². The summed E-state index contributed by atoms with van der Waals surface area (Å²) in [6.45, 7) is 2.06. The number of H-pyrrole nitrogens is 1. The van der Waals surface area contributed by atoms with Gasteiger partial charge in [0.05, 0.1) is 19.3 Å². The maximum Gasteiger partial charge on any atom is 0.255 e. The van der Waals surface area contributed by atoms with Crippen LogP contribution in [0.5, 0.6) is 0 Å². The van der Waals surface area contributed by atoms with Crippen LogP contribution in [0.3, 0.4) is 0 Å². The second-order valence-electron chi connectivity index (χ2n) is 8.56. The van der Waals surface area contributed by atoms with Crippen molar-refractivity contribution in [1.82, 2.24) is 19.8 Å². The third kappa shape index (κ3) is 4.12. The SMILES string of the molecule is COCCO[C@H]1C(=O)N(C2CCN(C(=O)c3ccc4cc[nH]c4c3)CC2)[C@H]1c1ccncc1. The zero-order valence-corrected chi connectivity index (χ0v) is 18.6. The predicted octanol–water partition coefficient (Wildman–Crippen LogP) is 2.78. The van der Waals surface area contributed by atoms with Gasteiger partial charge in [0.1, 0.15) is 0 Å². The van der Waals surface area contributed by atoms with Gasteiger partial charge in [-0.15, -0.1) is 0 Å². The van der Waals surface area contributed by atoms with Crippen LogP contribution >= 0.6 is 0 Å². The van der Waals surface area contributed by atoms with Gasteiger partial charge in [-0.25, -0.2) is 0 Å². The van der Waals surface area contributed by atoms with Crippen LogP contribution in [-0.2, 0) is 14.3 Å². The van der Waals surface area contributed by atoms with Crippen molar-refractivity contribution in [2.45, 2.75) is 31.0 Å². The number of hydrogen-bond acceptors (Lipinski definition) is 5. The highest BCUT2D eigenvalue weighted by Crippen LogP contribution is 2.40. The molecule has 33 heavy (non-hydrogen) atoms. The summed E-state index contributed by atoms with van der Waals surface area (Å²) in [5.41, 5.74) is 2.66. The lowest BCUT2D eigenvalue weighted by Crippen LogP contribution is -2.65. The topological polar surface area (TPSA) is 87.8 Å². The summed E-state index contributed by atoms with van der Waals surface area (Å²) in [6.07, 6.45) is 6.34. The van der Waals surface area contributed by atoms with Crippen LogP contribution in [-0.4, -0.2) is 77.1 Å². The fraction of sp³-hybridized carbons (Fsp3) is 0.400. The highest BCUT2D eigenvalue weighted by Gasteiger charge is 2.52. The summed E-state index contributed by atoms with van der Waals surface area (Å²) in [7, 11) is 1.61. The molecule has 4 heterocycles. The summed E-state index contributed by atoms with van der Waals surface area (Å²) in [5.74, 6) is 0.0428. The third-order valence-electron chi connectivity index (χ3n) is 6.66. The number of likely N-dealkylation sites (tertiary alicyclic amines) is 2. The summed E-state index contributed by atoms with van der Waals surface area (Å²) < 4.78 is 10.9. The summed E-state index contributed by atoms with van der Waals surface area (Å²) >= 11 is 0. The van der Waals surface area contributed by atoms with Crippen molar-refractivity contribution in [3.05, 3.63) is 66.1 Å². The lowest BCUT2D eigenvalue weighted by atomic mass is 9.86. The van der Waals surface area contributed by atoms with Crippen LogP contribution in [0.15, 0.2) is 55.0 Å². The number of aromatic amines is 1. The van der Waals surface area contributed by atoms with Gasteiger partial charge in [0.25, 0.3) is 11.8 Å². The number of nitrogens with zero attached hydrogens (tertiary/aromatic N) is 3. The largest absolute Gasteiger partial charge is 0.382 e. The molecule has 8 heteroatoms. The Bertz CT molecular complexity index is 1120. The molecule has 1 aromatic carbocycles. The Hall–Kier alpha value is -3.23. The van der Waals surface area contributed by atoms with Gasteiger partial charge in [0.15, 0.2) is 6.10 Å². The molecule has 2 atom stereocenters. The summed E-state index contributed by atoms with van der Waals surface area (Å²) in [5, 5.41) is 1.09. The van der Waals surface area contributed by atoms with Crippen LogP contribution < -0.4 is 0 Å². The molecule has 0 unspecified atom stereocenters. The first-order valence-corrected chi connectivity index (χ1v) is 11.4. The van der Waals surface area contributed by atoms with Crippen LogP contribution in [0.25, 0.3) is 10.9 Å². The minimum atomic E-state index is -0.505. The Kier molecular flexibility index (Phi) is 6.11. The lowest BCUT2D eigenvalue weighted by molar-refractivity contribution is -0.183. The van der Waals surface area contributed by atoms with E-state index in [1.165, 1.54) is 0 Å². The molecule has 2 aromatic heterocycles. The normalized spacial score (nSPS) is 21.4. The number of amides is 2. The number of piperidine rings is 1. The molecule has 3 aromatic rings. The minimum absolute atomic E-state index is 0.00916. The standard InChI is InChI=1S/C25H28N4O4/c1-32-14-15-33-23-22(18-4-9-26-10-5-18)29(25(23)31)20-7-12-28(13-8-20)24(30)19-3-2-17-6-11-27-21(17)16-19/h2-6,9-11,16,20,22-23,27H,7-8,12-15H2,1H3/t22-,23+/m0/s1. The molecule has 2 aliphatic heterocycles. The van der Waals surface area contributed by atoms with Gasteiger partial charge in [-0.2, -0.15) is 0 Å². The Balaban J connectivity index is 1.26. The number of rotatable bonds is 7. The molecule has 2 fully saturated rings. The van der Waals surface area contributed by atoms with E-state index in [0.29, 0.717) is 31.9 Å². The monoisotopic (exact) mass is 448 g/mol. The smallest absolute Gasteiger partial charge is 0.255 e. The van der Waals surface area contributed by atoms with Crippen molar-refractivity contribution >= 4 is 22.7 Å². The zero-order valence-electron chi connectivity index (χ0n) is 18.6. The fourth-order valence-corrected chi connectivity index (χ4v) is 4.92. The summed E-state index contributed by atoms with van der Waals surface area (Å²) in [4.78, 5) is 37.2. The molecule has 172 valence electrons. The van der Waals surface area contributed by atoms with Crippen LogP contribution in [0, 0.1) is 0 Å². The lowest BCUT2D eigenvalue weighted by Gasteiger charge is -2.52. The fourth-order valence-electron chi connectivity index (χ4n) is 4.92. The van der Waals surface area contributed by atoms with Crippen molar-refractivity contribution in [1.29, 1.82) is 0 Å². The number of carbonyl (C=O) groups excluding carboxylic acids is 2. The average molecular weight is 449 g/mol. The number of hydrogen-bond donors (Lipinski definition) is 1. The first-order valence-electron chi connectivity index (χ1n) is 11.4. The second-order valence-corrected chi connectivity index (χ2v) is 8.56. The minimum Gasteiger partial charge on any atom is -0.382 e. The number of benzene rings is 1. The van der Waals surface area contributed by atoms with Crippen molar-refractivity contribution in [3.8, 4) is 0 Å². The second kappa shape index (κ2) is 9.33. The number of nitrogens with one attached hydrogen (secondary N) is 1. The molecule has 2 saturated heterocycles. The van der Waals surface area contributed by atoms with Crippen molar-refractivity contribution < 1.29 is 19.1 Å². The van der Waals surface area contributed by atoms with E-state index in [0.717, 1.165) is 29.3 Å². The van der Waals surface area contributed by atoms with Crippen molar-refractivity contribution in [2.24, 2.45) is 0 Å². The highest BCUT2D eigenvalue weighted by molar-refractivity contribution is 5.98. The first kappa shape index (κ1) is 21.6. The number of ether oxygens (including phenoxy) is 2. The van der Waals surface area contributed by atoms with Crippen LogP contribution in [0.4, 0.5) is 0 Å². The number of aromatic nitrogens is 2. The van der Waals surface area contributed by atoms with Gasteiger partial charge in [-0.3, -0.25) is 14.6 Å². The Morgan fingerprint density at radius 1 is 1.12 bits per heavy atom. The van der Waals surface area contributed by atoms with E-state index in [1.807, 2.05) is 52.4 Å². The van der Waals surface area contributed by atoms with E-state index in [9.17, 15) is 9.59 Å². The number of pyridine rings is 1. The molecule has 0 saturated carbocycles. The molecule has 0 radical (unpaired) electrons. The van der Waals surface area contributed by atoms with E-state index in [-0.39, 0.29) is 23.9 Å².